The number of benzene rings is 3. The smallest absolute Gasteiger partial charge is 0.0972 e. The summed E-state index contributed by atoms with van der Waals surface area (Å²) in [5.74, 6) is 0. The molecule has 0 aliphatic carbocycles. The number of rotatable bonds is 4. The molecular formula is C32H30N4. The zero-order chi connectivity index (χ0) is 23.9. The molecule has 0 unspecified atom stereocenters. The maximum absolute atomic E-state index is 5.17. The monoisotopic (exact) mass is 470 g/mol. The fraction of sp³-hybridized carbons (Fsp3) is 0.250. The van der Waals surface area contributed by atoms with E-state index in [-0.39, 0.29) is 0 Å². The molecule has 0 atom stereocenters. The van der Waals surface area contributed by atoms with Gasteiger partial charge in [0.15, 0.2) is 0 Å². The lowest BCUT2D eigenvalue weighted by molar-refractivity contribution is 0.949. The van der Waals surface area contributed by atoms with E-state index in [1.165, 1.54) is 37.1 Å². The Morgan fingerprint density at radius 3 is 1.33 bits per heavy atom. The van der Waals surface area contributed by atoms with Crippen LogP contribution in [0.3, 0.4) is 0 Å². The highest BCUT2D eigenvalue weighted by Gasteiger charge is 2.15. The number of anilines is 2. The number of fused-ring (bicyclic) bond motifs is 3. The maximum Gasteiger partial charge on any atom is 0.0972 e. The fourth-order valence-corrected chi connectivity index (χ4v) is 5.76. The number of hydrogen-bond acceptors (Lipinski definition) is 4. The molecule has 2 aliphatic rings. The quantitative estimate of drug-likeness (QED) is 0.258. The molecule has 0 saturated carbocycles. The molecule has 0 N–H and O–H groups in total. The van der Waals surface area contributed by atoms with Crippen LogP contribution in [0.2, 0.25) is 0 Å². The lowest BCUT2D eigenvalue weighted by atomic mass is 10.0. The lowest BCUT2D eigenvalue weighted by Crippen LogP contribution is -2.17. The van der Waals surface area contributed by atoms with Crippen LogP contribution in [0.25, 0.3) is 44.3 Å². The van der Waals surface area contributed by atoms with Crippen LogP contribution in [-0.2, 0) is 0 Å². The number of hydrogen-bond donors (Lipinski definition) is 0. The van der Waals surface area contributed by atoms with E-state index >= 15 is 0 Å². The molecule has 7 rings (SSSR count). The van der Waals surface area contributed by atoms with Crippen molar-refractivity contribution in [3.8, 4) is 22.5 Å². The zero-order valence-corrected chi connectivity index (χ0v) is 20.5. The molecule has 2 saturated heterocycles. The van der Waals surface area contributed by atoms with Crippen LogP contribution in [-0.4, -0.2) is 36.1 Å². The highest BCUT2D eigenvalue weighted by Crippen LogP contribution is 2.32. The van der Waals surface area contributed by atoms with Crippen LogP contribution < -0.4 is 9.80 Å². The minimum atomic E-state index is 0.967. The van der Waals surface area contributed by atoms with E-state index in [4.69, 9.17) is 9.97 Å². The predicted octanol–water partition coefficient (Wildman–Crippen LogP) is 7.32. The summed E-state index contributed by atoms with van der Waals surface area (Å²) in [6, 6.07) is 30.6. The Morgan fingerprint density at radius 1 is 0.472 bits per heavy atom. The van der Waals surface area contributed by atoms with Crippen LogP contribution >= 0.6 is 0 Å². The van der Waals surface area contributed by atoms with Crippen LogP contribution in [0.5, 0.6) is 0 Å². The Labute approximate surface area is 212 Å². The maximum atomic E-state index is 5.17. The van der Waals surface area contributed by atoms with Gasteiger partial charge in [0.05, 0.1) is 22.4 Å². The first-order valence-corrected chi connectivity index (χ1v) is 13.2. The van der Waals surface area contributed by atoms with Crippen molar-refractivity contribution < 1.29 is 0 Å². The normalized spacial score (nSPS) is 15.9. The Morgan fingerprint density at radius 2 is 0.889 bits per heavy atom. The molecule has 0 radical (unpaired) electrons. The average Bonchev–Trinajstić information content (AvgIpc) is 3.68. The lowest BCUT2D eigenvalue weighted by Gasteiger charge is -2.18. The van der Waals surface area contributed by atoms with Crippen LogP contribution in [0.15, 0.2) is 84.9 Å². The minimum Gasteiger partial charge on any atom is -0.372 e. The Bertz CT molecular complexity index is 1440. The Balaban J connectivity index is 1.31. The number of aromatic nitrogens is 2. The second-order valence-electron chi connectivity index (χ2n) is 10.1. The topological polar surface area (TPSA) is 32.3 Å². The molecule has 178 valence electrons. The second-order valence-corrected chi connectivity index (χ2v) is 10.1. The summed E-state index contributed by atoms with van der Waals surface area (Å²) < 4.78 is 0. The van der Waals surface area contributed by atoms with Crippen LogP contribution in [0, 0.1) is 0 Å². The summed E-state index contributed by atoms with van der Waals surface area (Å²) in [6.45, 7) is 4.57. The molecule has 4 nitrogen and oxygen atoms in total. The molecule has 2 fully saturated rings. The summed E-state index contributed by atoms with van der Waals surface area (Å²) in [4.78, 5) is 15.3. The van der Waals surface area contributed by atoms with Crippen molar-refractivity contribution in [1.29, 1.82) is 0 Å². The molecule has 3 aromatic carbocycles. The zero-order valence-electron chi connectivity index (χ0n) is 20.5. The Hall–Kier alpha value is -3.92. The fourth-order valence-electron chi connectivity index (χ4n) is 5.76. The van der Waals surface area contributed by atoms with E-state index in [1.807, 2.05) is 0 Å². The van der Waals surface area contributed by atoms with Gasteiger partial charge in [0.2, 0.25) is 0 Å². The van der Waals surface area contributed by atoms with E-state index < -0.39 is 0 Å². The van der Waals surface area contributed by atoms with Gasteiger partial charge in [-0.2, -0.15) is 0 Å². The van der Waals surface area contributed by atoms with Crippen molar-refractivity contribution in [2.24, 2.45) is 0 Å². The summed E-state index contributed by atoms with van der Waals surface area (Å²) in [7, 11) is 0. The van der Waals surface area contributed by atoms with E-state index in [1.54, 1.807) is 0 Å². The van der Waals surface area contributed by atoms with Crippen molar-refractivity contribution in [2.75, 3.05) is 36.0 Å². The van der Waals surface area contributed by atoms with Gasteiger partial charge in [-0.25, -0.2) is 9.97 Å². The highest BCUT2D eigenvalue weighted by molar-refractivity contribution is 6.04. The average molecular weight is 471 g/mol. The molecule has 2 aromatic heterocycles. The molecule has 0 spiro atoms. The van der Waals surface area contributed by atoms with Gasteiger partial charge in [-0.3, -0.25) is 0 Å². The third-order valence-electron chi connectivity index (χ3n) is 7.75. The van der Waals surface area contributed by atoms with Gasteiger partial charge < -0.3 is 9.80 Å². The van der Waals surface area contributed by atoms with Crippen LogP contribution in [0.1, 0.15) is 25.7 Å². The third kappa shape index (κ3) is 3.87. The second kappa shape index (κ2) is 8.94. The van der Waals surface area contributed by atoms with Gasteiger partial charge in [0.25, 0.3) is 0 Å². The molecule has 2 aliphatic heterocycles. The van der Waals surface area contributed by atoms with Gasteiger partial charge in [-0.1, -0.05) is 48.5 Å². The first-order valence-electron chi connectivity index (χ1n) is 13.2. The van der Waals surface area contributed by atoms with Gasteiger partial charge >= 0.3 is 0 Å². The predicted molar refractivity (Wildman–Crippen MR) is 151 cm³/mol. The molecule has 0 amide bonds. The van der Waals surface area contributed by atoms with Gasteiger partial charge in [-0.05, 0) is 62.1 Å². The summed E-state index contributed by atoms with van der Waals surface area (Å²) in [5, 5.41) is 2.25. The van der Waals surface area contributed by atoms with E-state index in [0.717, 1.165) is 70.5 Å². The standard InChI is InChI=1S/C32H30N4/c1-2-18-35(17-1)27-9-5-7-25(21-27)29-15-13-23-11-12-24-14-16-30(34-32(24)31(23)33-29)26-8-6-10-28(22-26)36-19-3-4-20-36/h5-16,21-22H,1-4,17-20H2. The number of pyridine rings is 2. The SMILES string of the molecule is c1cc(-c2ccc3ccc4ccc(-c5cccc(N6CCCC6)c5)nc4c3n2)cc(N2CCCC2)c1. The first-order chi connectivity index (χ1) is 17.8. The molecule has 0 bridgehead atoms. The molecule has 36 heavy (non-hydrogen) atoms. The van der Waals surface area contributed by atoms with Gasteiger partial charge in [0, 0.05) is 59.5 Å². The van der Waals surface area contributed by atoms with Crippen molar-refractivity contribution >= 4 is 33.2 Å². The van der Waals surface area contributed by atoms with Crippen molar-refractivity contribution in [2.45, 2.75) is 25.7 Å². The van der Waals surface area contributed by atoms with Crippen molar-refractivity contribution in [3.05, 3.63) is 84.9 Å². The van der Waals surface area contributed by atoms with E-state index in [2.05, 4.69) is 94.7 Å². The summed E-state index contributed by atoms with van der Waals surface area (Å²) >= 11 is 0. The summed E-state index contributed by atoms with van der Waals surface area (Å²) in [5.41, 5.74) is 8.84. The van der Waals surface area contributed by atoms with E-state index in [9.17, 15) is 0 Å². The minimum absolute atomic E-state index is 0.967. The van der Waals surface area contributed by atoms with Crippen molar-refractivity contribution in [3.63, 3.8) is 0 Å². The van der Waals surface area contributed by atoms with Gasteiger partial charge in [-0.15, -0.1) is 0 Å². The molecular weight excluding hydrogens is 440 g/mol. The molecule has 4 heterocycles. The van der Waals surface area contributed by atoms with Crippen LogP contribution in [0.4, 0.5) is 11.4 Å². The molecule has 4 heteroatoms. The Kier molecular flexibility index (Phi) is 5.31. The first kappa shape index (κ1) is 21.4. The largest absolute Gasteiger partial charge is 0.372 e. The van der Waals surface area contributed by atoms with Gasteiger partial charge in [0.1, 0.15) is 0 Å². The van der Waals surface area contributed by atoms with E-state index in [0.29, 0.717) is 0 Å². The summed E-state index contributed by atoms with van der Waals surface area (Å²) in [6.07, 6.45) is 5.11. The van der Waals surface area contributed by atoms with Crippen molar-refractivity contribution in [1.82, 2.24) is 9.97 Å². The molecule has 5 aromatic rings. The number of nitrogens with zero attached hydrogens (tertiary/aromatic N) is 4. The third-order valence-corrected chi connectivity index (χ3v) is 7.75. The highest BCUT2D eigenvalue weighted by atomic mass is 15.1.